The van der Waals surface area contributed by atoms with Gasteiger partial charge in [0.25, 0.3) is 0 Å². The van der Waals surface area contributed by atoms with Crippen molar-refractivity contribution >= 4 is 16.7 Å². The Labute approximate surface area is 97.9 Å². The minimum Gasteiger partial charge on any atom is -0.508 e. The summed E-state index contributed by atoms with van der Waals surface area (Å²) in [5, 5.41) is 14.7. The summed E-state index contributed by atoms with van der Waals surface area (Å²) >= 11 is 0. The average Bonchev–Trinajstić information content (AvgIpc) is 2.67. The number of benzene rings is 2. The largest absolute Gasteiger partial charge is 0.508 e. The molecule has 2 aromatic carbocycles. The van der Waals surface area contributed by atoms with Crippen LogP contribution in [0.15, 0.2) is 48.5 Å². The normalized spacial score (nSPS) is 10.8. The zero-order chi connectivity index (χ0) is 11.8. The summed E-state index contributed by atoms with van der Waals surface area (Å²) in [6, 6.07) is 14.7. The van der Waals surface area contributed by atoms with E-state index in [1.807, 2.05) is 30.3 Å². The Morgan fingerprint density at radius 3 is 2.59 bits per heavy atom. The second kappa shape index (κ2) is 3.52. The molecule has 84 valence electrons. The van der Waals surface area contributed by atoms with Crippen molar-refractivity contribution in [1.82, 2.24) is 9.78 Å². The van der Waals surface area contributed by atoms with Gasteiger partial charge >= 0.3 is 0 Å². The molecule has 0 atom stereocenters. The van der Waals surface area contributed by atoms with Gasteiger partial charge in [0.1, 0.15) is 5.75 Å². The van der Waals surface area contributed by atoms with Gasteiger partial charge in [-0.25, -0.2) is 4.68 Å². The van der Waals surface area contributed by atoms with Crippen LogP contribution in [0.1, 0.15) is 0 Å². The molecule has 0 unspecified atom stereocenters. The summed E-state index contributed by atoms with van der Waals surface area (Å²) < 4.78 is 1.73. The molecule has 0 amide bonds. The Kier molecular flexibility index (Phi) is 2.01. The SMILES string of the molecule is Nc1nn(-c2ccccc2)c2cc(O)ccc12. The number of hydrogen-bond acceptors (Lipinski definition) is 3. The van der Waals surface area contributed by atoms with Gasteiger partial charge in [-0.3, -0.25) is 0 Å². The zero-order valence-electron chi connectivity index (χ0n) is 9.04. The Balaban J connectivity index is 2.34. The molecule has 0 aliphatic heterocycles. The molecule has 3 N–H and O–H groups in total. The number of nitrogen functional groups attached to an aromatic ring is 1. The second-order valence-corrected chi connectivity index (χ2v) is 3.83. The number of para-hydroxylation sites is 1. The maximum absolute atomic E-state index is 9.53. The van der Waals surface area contributed by atoms with Gasteiger partial charge in [-0.05, 0) is 24.3 Å². The number of phenolic OH excluding ortho intramolecular Hbond substituents is 1. The number of phenols is 1. The number of nitrogens with two attached hydrogens (primary N) is 1. The number of fused-ring (bicyclic) bond motifs is 1. The van der Waals surface area contributed by atoms with Gasteiger partial charge in [-0.1, -0.05) is 18.2 Å². The Hall–Kier alpha value is -2.49. The van der Waals surface area contributed by atoms with Gasteiger partial charge in [0.15, 0.2) is 5.82 Å². The standard InChI is InChI=1S/C13H11N3O/c14-13-11-7-6-10(17)8-12(11)16(15-13)9-4-2-1-3-5-9/h1-8,17H,(H2,14,15). The maximum Gasteiger partial charge on any atom is 0.153 e. The fourth-order valence-electron chi connectivity index (χ4n) is 1.89. The number of aromatic nitrogens is 2. The number of nitrogens with zero attached hydrogens (tertiary/aromatic N) is 2. The molecule has 3 rings (SSSR count). The number of anilines is 1. The van der Waals surface area contributed by atoms with E-state index in [0.717, 1.165) is 16.6 Å². The lowest BCUT2D eigenvalue weighted by Gasteiger charge is -2.02. The average molecular weight is 225 g/mol. The lowest BCUT2D eigenvalue weighted by Crippen LogP contribution is -1.96. The van der Waals surface area contributed by atoms with Gasteiger partial charge in [-0.2, -0.15) is 0 Å². The van der Waals surface area contributed by atoms with Crippen molar-refractivity contribution in [1.29, 1.82) is 0 Å². The third-order valence-electron chi connectivity index (χ3n) is 2.69. The molecule has 0 spiro atoms. The van der Waals surface area contributed by atoms with Crippen molar-refractivity contribution in [2.45, 2.75) is 0 Å². The van der Waals surface area contributed by atoms with E-state index < -0.39 is 0 Å². The van der Waals surface area contributed by atoms with E-state index in [2.05, 4.69) is 5.10 Å². The highest BCUT2D eigenvalue weighted by Crippen LogP contribution is 2.26. The summed E-state index contributed by atoms with van der Waals surface area (Å²) in [6.45, 7) is 0. The maximum atomic E-state index is 9.53. The quantitative estimate of drug-likeness (QED) is 0.668. The van der Waals surface area contributed by atoms with E-state index in [0.29, 0.717) is 5.82 Å². The molecule has 0 fully saturated rings. The molecule has 0 aliphatic rings. The predicted molar refractivity (Wildman–Crippen MR) is 67.1 cm³/mol. The smallest absolute Gasteiger partial charge is 0.153 e. The Morgan fingerprint density at radius 1 is 1.06 bits per heavy atom. The molecule has 4 nitrogen and oxygen atoms in total. The van der Waals surface area contributed by atoms with Crippen LogP contribution in [-0.2, 0) is 0 Å². The highest BCUT2D eigenvalue weighted by Gasteiger charge is 2.09. The molecule has 0 bridgehead atoms. The number of rotatable bonds is 1. The molecule has 3 aromatic rings. The molecule has 0 radical (unpaired) electrons. The Bertz CT molecular complexity index is 674. The lowest BCUT2D eigenvalue weighted by atomic mass is 10.2. The van der Waals surface area contributed by atoms with Gasteiger partial charge in [0.05, 0.1) is 11.2 Å². The first-order valence-corrected chi connectivity index (χ1v) is 5.28. The first kappa shape index (κ1) is 9.72. The molecule has 0 saturated carbocycles. The summed E-state index contributed by atoms with van der Waals surface area (Å²) in [6.07, 6.45) is 0. The molecule has 4 heteroatoms. The van der Waals surface area contributed by atoms with Crippen LogP contribution in [0, 0.1) is 0 Å². The van der Waals surface area contributed by atoms with Gasteiger partial charge in [0.2, 0.25) is 0 Å². The topological polar surface area (TPSA) is 64.1 Å². The summed E-state index contributed by atoms with van der Waals surface area (Å²) in [5.41, 5.74) is 7.57. The summed E-state index contributed by atoms with van der Waals surface area (Å²) in [4.78, 5) is 0. The molecule has 1 heterocycles. The van der Waals surface area contributed by atoms with Gasteiger partial charge in [-0.15, -0.1) is 5.10 Å². The molecule has 17 heavy (non-hydrogen) atoms. The van der Waals surface area contributed by atoms with Crippen LogP contribution < -0.4 is 5.73 Å². The zero-order valence-corrected chi connectivity index (χ0v) is 9.04. The van der Waals surface area contributed by atoms with Crippen molar-refractivity contribution in [3.8, 4) is 11.4 Å². The first-order valence-electron chi connectivity index (χ1n) is 5.28. The summed E-state index contributed by atoms with van der Waals surface area (Å²) in [5.74, 6) is 0.665. The predicted octanol–water partition coefficient (Wildman–Crippen LogP) is 2.31. The van der Waals surface area contributed by atoms with E-state index in [9.17, 15) is 5.11 Å². The second-order valence-electron chi connectivity index (χ2n) is 3.83. The van der Waals surface area contributed by atoms with Crippen molar-refractivity contribution < 1.29 is 5.11 Å². The van der Waals surface area contributed by atoms with Crippen molar-refractivity contribution in [3.63, 3.8) is 0 Å². The van der Waals surface area contributed by atoms with Crippen molar-refractivity contribution in [2.75, 3.05) is 5.73 Å². The third-order valence-corrected chi connectivity index (χ3v) is 2.69. The van der Waals surface area contributed by atoms with E-state index in [4.69, 9.17) is 5.73 Å². The number of aromatic hydroxyl groups is 1. The first-order chi connectivity index (χ1) is 8.25. The third kappa shape index (κ3) is 1.50. The van der Waals surface area contributed by atoms with E-state index >= 15 is 0 Å². The molecule has 0 saturated heterocycles. The van der Waals surface area contributed by atoms with Crippen LogP contribution >= 0.6 is 0 Å². The fraction of sp³-hybridized carbons (Fsp3) is 0. The van der Waals surface area contributed by atoms with Crippen molar-refractivity contribution in [2.24, 2.45) is 0 Å². The van der Waals surface area contributed by atoms with E-state index in [1.165, 1.54) is 0 Å². The highest BCUT2D eigenvalue weighted by molar-refractivity contribution is 5.91. The van der Waals surface area contributed by atoms with E-state index in [-0.39, 0.29) is 5.75 Å². The van der Waals surface area contributed by atoms with Crippen LogP contribution in [0.2, 0.25) is 0 Å². The van der Waals surface area contributed by atoms with Gasteiger partial charge < -0.3 is 10.8 Å². The van der Waals surface area contributed by atoms with Crippen molar-refractivity contribution in [3.05, 3.63) is 48.5 Å². The van der Waals surface area contributed by atoms with Crippen LogP contribution in [0.3, 0.4) is 0 Å². The van der Waals surface area contributed by atoms with Gasteiger partial charge in [0, 0.05) is 11.5 Å². The number of hydrogen-bond donors (Lipinski definition) is 2. The van der Waals surface area contributed by atoms with Crippen LogP contribution in [-0.4, -0.2) is 14.9 Å². The molecular weight excluding hydrogens is 214 g/mol. The Morgan fingerprint density at radius 2 is 1.82 bits per heavy atom. The molecular formula is C13H11N3O. The van der Waals surface area contributed by atoms with E-state index in [1.54, 1.807) is 22.9 Å². The monoisotopic (exact) mass is 225 g/mol. The van der Waals surface area contributed by atoms with Crippen LogP contribution in [0.4, 0.5) is 5.82 Å². The summed E-state index contributed by atoms with van der Waals surface area (Å²) in [7, 11) is 0. The molecule has 1 aromatic heterocycles. The van der Waals surface area contributed by atoms with Crippen LogP contribution in [0.25, 0.3) is 16.6 Å². The highest BCUT2D eigenvalue weighted by atomic mass is 16.3. The molecule has 0 aliphatic carbocycles. The fourth-order valence-corrected chi connectivity index (χ4v) is 1.89. The lowest BCUT2D eigenvalue weighted by molar-refractivity contribution is 0.476. The minimum atomic E-state index is 0.203. The van der Waals surface area contributed by atoms with Crippen LogP contribution in [0.5, 0.6) is 5.75 Å². The minimum absolute atomic E-state index is 0.203.